The molecule has 8 heteroatoms. The summed E-state index contributed by atoms with van der Waals surface area (Å²) in [6.07, 6.45) is -4.15. The van der Waals surface area contributed by atoms with Crippen molar-refractivity contribution in [1.82, 2.24) is 15.5 Å². The fourth-order valence-corrected chi connectivity index (χ4v) is 1.28. The lowest BCUT2D eigenvalue weighted by atomic mass is 10.1. The van der Waals surface area contributed by atoms with E-state index in [1.54, 1.807) is 7.05 Å². The smallest absolute Gasteiger partial charge is 0.355 e. The molecule has 0 saturated heterocycles. The van der Waals surface area contributed by atoms with Gasteiger partial charge in [0.2, 0.25) is 0 Å². The second-order valence-corrected chi connectivity index (χ2v) is 5.23. The molecule has 0 aliphatic rings. The lowest BCUT2D eigenvalue weighted by Gasteiger charge is -2.24. The van der Waals surface area contributed by atoms with E-state index in [2.05, 4.69) is 15.6 Å². The van der Waals surface area contributed by atoms with Gasteiger partial charge < -0.3 is 10.6 Å². The van der Waals surface area contributed by atoms with Crippen LogP contribution in [0.4, 0.5) is 13.2 Å². The van der Waals surface area contributed by atoms with Gasteiger partial charge in [0.25, 0.3) is 0 Å². The highest BCUT2D eigenvalue weighted by Crippen LogP contribution is 2.14. The van der Waals surface area contributed by atoms with Crippen LogP contribution >= 0.6 is 24.0 Å². The minimum Gasteiger partial charge on any atom is -0.355 e. The third-order valence-corrected chi connectivity index (χ3v) is 1.95. The first-order chi connectivity index (χ1) is 8.03. The van der Waals surface area contributed by atoms with Gasteiger partial charge in [-0.05, 0) is 27.8 Å². The molecule has 0 spiro atoms. The van der Waals surface area contributed by atoms with Crippen molar-refractivity contribution >= 4 is 29.9 Å². The van der Waals surface area contributed by atoms with Gasteiger partial charge in [0.05, 0.1) is 6.54 Å². The van der Waals surface area contributed by atoms with Crippen LogP contribution in [0.1, 0.15) is 20.8 Å². The summed E-state index contributed by atoms with van der Waals surface area (Å²) in [7, 11) is 3.07. The molecule has 0 aliphatic carbocycles. The number of halogens is 4. The molecule has 0 radical (unpaired) electrons. The highest BCUT2D eigenvalue weighted by atomic mass is 127. The van der Waals surface area contributed by atoms with Crippen LogP contribution in [0.25, 0.3) is 0 Å². The van der Waals surface area contributed by atoms with Crippen molar-refractivity contribution in [3.05, 3.63) is 0 Å². The van der Waals surface area contributed by atoms with Gasteiger partial charge in [-0.1, -0.05) is 0 Å². The maximum atomic E-state index is 12.1. The average Bonchev–Trinajstić information content (AvgIpc) is 2.11. The molecule has 0 aromatic rings. The van der Waals surface area contributed by atoms with Crippen molar-refractivity contribution in [3.63, 3.8) is 0 Å². The molecule has 2 N–H and O–H groups in total. The van der Waals surface area contributed by atoms with E-state index in [9.17, 15) is 13.2 Å². The Balaban J connectivity index is 0. The fraction of sp³-hybridized carbons (Fsp3) is 0.909. The SMILES string of the molecule is CN=C(NCCN(C)CC(F)(F)F)NC(C)(C)C.I. The molecule has 0 aromatic carbocycles. The van der Waals surface area contributed by atoms with Crippen LogP contribution < -0.4 is 10.6 Å². The highest BCUT2D eigenvalue weighted by Gasteiger charge is 2.28. The third-order valence-electron chi connectivity index (χ3n) is 1.95. The molecule has 0 heterocycles. The standard InChI is InChI=1S/C11H23F3N4.HI/c1-10(2,3)17-9(15-4)16-6-7-18(5)8-11(12,13)14;/h6-8H2,1-5H3,(H2,15,16,17);1H. The van der Waals surface area contributed by atoms with Gasteiger partial charge >= 0.3 is 6.18 Å². The number of aliphatic imine (C=N–C) groups is 1. The maximum Gasteiger partial charge on any atom is 0.401 e. The Morgan fingerprint density at radius 3 is 2.11 bits per heavy atom. The van der Waals surface area contributed by atoms with E-state index in [1.807, 2.05) is 20.8 Å². The van der Waals surface area contributed by atoms with E-state index in [4.69, 9.17) is 0 Å². The van der Waals surface area contributed by atoms with Crippen molar-refractivity contribution in [3.8, 4) is 0 Å². The monoisotopic (exact) mass is 396 g/mol. The van der Waals surface area contributed by atoms with E-state index >= 15 is 0 Å². The number of rotatable bonds is 4. The summed E-state index contributed by atoms with van der Waals surface area (Å²) in [5, 5.41) is 6.10. The Kier molecular flexibility index (Phi) is 9.78. The number of nitrogens with zero attached hydrogens (tertiary/aromatic N) is 2. The van der Waals surface area contributed by atoms with Gasteiger partial charge in [0.15, 0.2) is 5.96 Å². The van der Waals surface area contributed by atoms with E-state index < -0.39 is 12.7 Å². The summed E-state index contributed by atoms with van der Waals surface area (Å²) in [5.41, 5.74) is -0.139. The molecule has 0 atom stereocenters. The largest absolute Gasteiger partial charge is 0.401 e. The van der Waals surface area contributed by atoms with E-state index in [1.165, 1.54) is 11.9 Å². The Hall–Kier alpha value is -0.250. The van der Waals surface area contributed by atoms with Gasteiger partial charge in [-0.2, -0.15) is 13.2 Å². The molecule has 19 heavy (non-hydrogen) atoms. The van der Waals surface area contributed by atoms with Gasteiger partial charge in [-0.3, -0.25) is 9.89 Å². The molecule has 4 nitrogen and oxygen atoms in total. The predicted molar refractivity (Wildman–Crippen MR) is 83.2 cm³/mol. The lowest BCUT2D eigenvalue weighted by molar-refractivity contribution is -0.142. The van der Waals surface area contributed by atoms with Crippen LogP contribution in [0.15, 0.2) is 4.99 Å². The van der Waals surface area contributed by atoms with E-state index in [0.29, 0.717) is 19.0 Å². The van der Waals surface area contributed by atoms with Crippen molar-refractivity contribution in [2.75, 3.05) is 33.7 Å². The molecule has 0 bridgehead atoms. The molecular weight excluding hydrogens is 372 g/mol. The van der Waals surface area contributed by atoms with Gasteiger partial charge in [0, 0.05) is 25.7 Å². The molecule has 116 valence electrons. The molecule has 0 aliphatic heterocycles. The zero-order valence-corrected chi connectivity index (χ0v) is 14.4. The summed E-state index contributed by atoms with van der Waals surface area (Å²) in [5.74, 6) is 0.586. The second-order valence-electron chi connectivity index (χ2n) is 5.23. The Morgan fingerprint density at radius 2 is 1.74 bits per heavy atom. The number of alkyl halides is 3. The third kappa shape index (κ3) is 14.0. The predicted octanol–water partition coefficient (Wildman–Crippen LogP) is 2.06. The minimum absolute atomic E-state index is 0. The Bertz CT molecular complexity index is 274. The Morgan fingerprint density at radius 1 is 1.21 bits per heavy atom. The zero-order chi connectivity index (χ0) is 14.4. The summed E-state index contributed by atoms with van der Waals surface area (Å²) in [4.78, 5) is 5.22. The number of nitrogens with one attached hydrogen (secondary N) is 2. The topological polar surface area (TPSA) is 39.7 Å². The highest BCUT2D eigenvalue weighted by molar-refractivity contribution is 14.0. The van der Waals surface area contributed by atoms with Crippen molar-refractivity contribution in [1.29, 1.82) is 0 Å². The molecular formula is C11H24F3IN4. The van der Waals surface area contributed by atoms with Gasteiger partial charge in [-0.15, -0.1) is 24.0 Å². The van der Waals surface area contributed by atoms with Crippen LogP contribution in [0, 0.1) is 0 Å². The molecule has 0 aromatic heterocycles. The molecule has 0 rings (SSSR count). The van der Waals surface area contributed by atoms with Gasteiger partial charge in [0.1, 0.15) is 0 Å². The minimum atomic E-state index is -4.15. The van der Waals surface area contributed by atoms with Crippen molar-refractivity contribution < 1.29 is 13.2 Å². The fourth-order valence-electron chi connectivity index (χ4n) is 1.28. The summed E-state index contributed by atoms with van der Waals surface area (Å²) >= 11 is 0. The average molecular weight is 396 g/mol. The number of hydrogen-bond donors (Lipinski definition) is 2. The summed E-state index contributed by atoms with van der Waals surface area (Å²) < 4.78 is 36.2. The number of likely N-dealkylation sites (N-methyl/N-ethyl adjacent to an activating group) is 1. The van der Waals surface area contributed by atoms with Crippen LogP contribution in [0.3, 0.4) is 0 Å². The van der Waals surface area contributed by atoms with E-state index in [-0.39, 0.29) is 29.5 Å². The molecule has 0 saturated carbocycles. The number of guanidine groups is 1. The van der Waals surface area contributed by atoms with Crippen LogP contribution in [-0.4, -0.2) is 56.3 Å². The molecule has 0 amide bonds. The second kappa shape index (κ2) is 8.83. The number of hydrogen-bond acceptors (Lipinski definition) is 2. The first-order valence-corrected chi connectivity index (χ1v) is 5.77. The molecule has 0 fully saturated rings. The summed E-state index contributed by atoms with van der Waals surface area (Å²) in [6, 6.07) is 0. The van der Waals surface area contributed by atoms with E-state index in [0.717, 1.165) is 0 Å². The Labute approximate surface area is 130 Å². The maximum absolute atomic E-state index is 12.1. The summed E-state index contributed by atoms with van der Waals surface area (Å²) in [6.45, 7) is 5.74. The van der Waals surface area contributed by atoms with Gasteiger partial charge in [-0.25, -0.2) is 0 Å². The van der Waals surface area contributed by atoms with Crippen LogP contribution in [0.2, 0.25) is 0 Å². The quantitative estimate of drug-likeness (QED) is 0.434. The van der Waals surface area contributed by atoms with Crippen LogP contribution in [0.5, 0.6) is 0 Å². The first-order valence-electron chi connectivity index (χ1n) is 5.77. The first kappa shape index (κ1) is 21.1. The lowest BCUT2D eigenvalue weighted by Crippen LogP contribution is -2.49. The zero-order valence-electron chi connectivity index (χ0n) is 12.1. The van der Waals surface area contributed by atoms with Crippen LogP contribution in [-0.2, 0) is 0 Å². The van der Waals surface area contributed by atoms with Crippen molar-refractivity contribution in [2.24, 2.45) is 4.99 Å². The van der Waals surface area contributed by atoms with Crippen molar-refractivity contribution in [2.45, 2.75) is 32.5 Å². The normalized spacial score (nSPS) is 13.2. The molecule has 0 unspecified atom stereocenters.